The van der Waals surface area contributed by atoms with Gasteiger partial charge in [-0.05, 0) is 12.1 Å². The lowest BCUT2D eigenvalue weighted by Crippen LogP contribution is -2.25. The molecule has 0 saturated heterocycles. The molecule has 0 N–H and O–H groups in total. The van der Waals surface area contributed by atoms with Gasteiger partial charge < -0.3 is 4.74 Å². The summed E-state index contributed by atoms with van der Waals surface area (Å²) in [6.45, 7) is -0.239. The van der Waals surface area contributed by atoms with E-state index in [1.54, 1.807) is 18.2 Å². The lowest BCUT2D eigenvalue weighted by atomic mass is 10.4. The summed E-state index contributed by atoms with van der Waals surface area (Å²) < 4.78 is 4.40. The van der Waals surface area contributed by atoms with E-state index in [4.69, 9.17) is 0 Å². The van der Waals surface area contributed by atoms with Crippen molar-refractivity contribution in [2.75, 3.05) is 18.7 Å². The molecule has 14 heavy (non-hydrogen) atoms. The van der Waals surface area contributed by atoms with Crippen LogP contribution in [0.15, 0.2) is 29.7 Å². The number of hydrogen-bond acceptors (Lipinski definition) is 5. The molecule has 0 atom stereocenters. The summed E-state index contributed by atoms with van der Waals surface area (Å²) in [7, 11) is 1.24. The molecule has 0 aromatic carbocycles. The Morgan fingerprint density at radius 3 is 2.93 bits per heavy atom. The van der Waals surface area contributed by atoms with E-state index in [0.29, 0.717) is 5.82 Å². The van der Waals surface area contributed by atoms with Gasteiger partial charge in [0.25, 0.3) is 0 Å². The summed E-state index contributed by atoms with van der Waals surface area (Å²) in [4.78, 5) is 25.1. The van der Waals surface area contributed by atoms with E-state index in [-0.39, 0.29) is 6.54 Å². The summed E-state index contributed by atoms with van der Waals surface area (Å²) in [5.74, 6) is -0.233. The number of pyridine rings is 1. The van der Waals surface area contributed by atoms with Crippen LogP contribution in [0.25, 0.3) is 0 Å². The Kier molecular flexibility index (Phi) is 3.54. The third kappa shape index (κ3) is 2.51. The molecule has 1 aromatic heterocycles. The Morgan fingerprint density at radius 2 is 2.43 bits per heavy atom. The highest BCUT2D eigenvalue weighted by atomic mass is 16.5. The zero-order valence-corrected chi connectivity index (χ0v) is 7.58. The van der Waals surface area contributed by atoms with E-state index in [9.17, 15) is 9.70 Å². The smallest absolute Gasteiger partial charge is 0.327 e. The van der Waals surface area contributed by atoms with Crippen molar-refractivity contribution in [3.8, 4) is 0 Å². The van der Waals surface area contributed by atoms with Gasteiger partial charge in [0.05, 0.1) is 12.4 Å². The molecule has 0 bridgehead atoms. The average Bonchev–Trinajstić information content (AvgIpc) is 2.26. The molecule has 0 saturated carbocycles. The van der Waals surface area contributed by atoms with Crippen LogP contribution in [0.2, 0.25) is 0 Å². The van der Waals surface area contributed by atoms with E-state index >= 15 is 0 Å². The van der Waals surface area contributed by atoms with Gasteiger partial charge in [-0.25, -0.2) is 9.99 Å². The highest BCUT2D eigenvalue weighted by molar-refractivity contribution is 5.74. The quantitative estimate of drug-likeness (QED) is 0.402. The van der Waals surface area contributed by atoms with Gasteiger partial charge in [0.2, 0.25) is 0 Å². The van der Waals surface area contributed by atoms with Gasteiger partial charge >= 0.3 is 5.97 Å². The SMILES string of the molecule is COC(=O)CN(N=O)c1ccccn1. The molecule has 0 fully saturated rings. The molecule has 0 amide bonds. The fourth-order valence-corrected chi connectivity index (χ4v) is 0.845. The van der Waals surface area contributed by atoms with Gasteiger partial charge in [-0.3, -0.25) is 4.79 Å². The zero-order chi connectivity index (χ0) is 10.4. The van der Waals surface area contributed by atoms with Crippen molar-refractivity contribution in [1.29, 1.82) is 0 Å². The molecule has 0 radical (unpaired) electrons. The maximum atomic E-state index is 10.9. The van der Waals surface area contributed by atoms with E-state index in [2.05, 4.69) is 15.0 Å². The minimum absolute atomic E-state index is 0.239. The fraction of sp³-hybridized carbons (Fsp3) is 0.250. The molecule has 6 nitrogen and oxygen atoms in total. The number of ether oxygens (including phenoxy) is 1. The summed E-state index contributed by atoms with van der Waals surface area (Å²) in [5, 5.41) is 3.59. The summed E-state index contributed by atoms with van der Waals surface area (Å²) in [6, 6.07) is 4.97. The van der Waals surface area contributed by atoms with E-state index in [1.165, 1.54) is 13.3 Å². The van der Waals surface area contributed by atoms with E-state index in [0.717, 1.165) is 5.01 Å². The number of hydrogen-bond donors (Lipinski definition) is 0. The number of aromatic nitrogens is 1. The van der Waals surface area contributed by atoms with Crippen molar-refractivity contribution < 1.29 is 9.53 Å². The highest BCUT2D eigenvalue weighted by Crippen LogP contribution is 2.08. The first-order chi connectivity index (χ1) is 6.77. The van der Waals surface area contributed by atoms with Gasteiger partial charge in [-0.1, -0.05) is 6.07 Å². The second-order valence-corrected chi connectivity index (χ2v) is 2.40. The maximum Gasteiger partial charge on any atom is 0.327 e. The van der Waals surface area contributed by atoms with Gasteiger partial charge in [0.1, 0.15) is 6.54 Å². The minimum atomic E-state index is -0.546. The highest BCUT2D eigenvalue weighted by Gasteiger charge is 2.12. The number of nitroso groups, excluding NO2 is 1. The lowest BCUT2D eigenvalue weighted by molar-refractivity contribution is -0.138. The van der Waals surface area contributed by atoms with Crippen molar-refractivity contribution >= 4 is 11.8 Å². The van der Waals surface area contributed by atoms with Crippen LogP contribution in [0.3, 0.4) is 0 Å². The molecular weight excluding hydrogens is 186 g/mol. The largest absolute Gasteiger partial charge is 0.468 e. The number of carbonyl (C=O) groups is 1. The minimum Gasteiger partial charge on any atom is -0.468 e. The molecule has 0 aliphatic carbocycles. The van der Waals surface area contributed by atoms with Crippen LogP contribution in [0, 0.1) is 4.91 Å². The Hall–Kier alpha value is -1.98. The number of carbonyl (C=O) groups excluding carboxylic acids is 1. The average molecular weight is 195 g/mol. The topological polar surface area (TPSA) is 71.9 Å². The predicted molar refractivity (Wildman–Crippen MR) is 49.4 cm³/mol. The first kappa shape index (κ1) is 10.1. The number of anilines is 1. The van der Waals surface area contributed by atoms with Crippen LogP contribution < -0.4 is 5.01 Å². The molecule has 1 aromatic rings. The van der Waals surface area contributed by atoms with E-state index < -0.39 is 5.97 Å². The van der Waals surface area contributed by atoms with Crippen LogP contribution in [-0.4, -0.2) is 24.6 Å². The zero-order valence-electron chi connectivity index (χ0n) is 7.58. The van der Waals surface area contributed by atoms with Gasteiger partial charge in [-0.15, -0.1) is 4.91 Å². The molecule has 1 heterocycles. The van der Waals surface area contributed by atoms with Crippen LogP contribution in [0.5, 0.6) is 0 Å². The van der Waals surface area contributed by atoms with Crippen molar-refractivity contribution in [3.63, 3.8) is 0 Å². The van der Waals surface area contributed by atoms with Crippen LogP contribution in [0.4, 0.5) is 5.82 Å². The first-order valence-electron chi connectivity index (χ1n) is 3.86. The number of rotatable bonds is 4. The number of esters is 1. The molecule has 6 heteroatoms. The summed E-state index contributed by atoms with van der Waals surface area (Å²) in [6.07, 6.45) is 1.50. The Morgan fingerprint density at radius 1 is 1.64 bits per heavy atom. The number of nitrogens with zero attached hydrogens (tertiary/aromatic N) is 3. The number of methoxy groups -OCH3 is 1. The first-order valence-corrected chi connectivity index (χ1v) is 3.86. The van der Waals surface area contributed by atoms with Gasteiger partial charge in [-0.2, -0.15) is 0 Å². The summed E-state index contributed by atoms with van der Waals surface area (Å²) in [5.41, 5.74) is 0. The Balaban J connectivity index is 2.73. The molecule has 0 aliphatic heterocycles. The predicted octanol–water partition coefficient (Wildman–Crippen LogP) is 0.742. The molecule has 0 unspecified atom stereocenters. The fourth-order valence-electron chi connectivity index (χ4n) is 0.845. The van der Waals surface area contributed by atoms with Crippen molar-refractivity contribution in [3.05, 3.63) is 29.3 Å². The van der Waals surface area contributed by atoms with Crippen molar-refractivity contribution in [2.24, 2.45) is 5.29 Å². The van der Waals surface area contributed by atoms with Crippen molar-refractivity contribution in [1.82, 2.24) is 4.98 Å². The normalized spacial score (nSPS) is 9.21. The maximum absolute atomic E-state index is 10.9. The van der Waals surface area contributed by atoms with Crippen LogP contribution >= 0.6 is 0 Å². The van der Waals surface area contributed by atoms with Crippen molar-refractivity contribution in [2.45, 2.75) is 0 Å². The molecule has 74 valence electrons. The Bertz CT molecular complexity index is 315. The third-order valence-corrected chi connectivity index (χ3v) is 1.52. The van der Waals surface area contributed by atoms with Crippen LogP contribution in [-0.2, 0) is 9.53 Å². The molecular formula is C8H9N3O3. The monoisotopic (exact) mass is 195 g/mol. The lowest BCUT2D eigenvalue weighted by Gasteiger charge is -2.11. The summed E-state index contributed by atoms with van der Waals surface area (Å²) >= 11 is 0. The Labute approximate surface area is 80.4 Å². The molecule has 0 aliphatic rings. The molecule has 1 rings (SSSR count). The standard InChI is InChI=1S/C8H9N3O3/c1-14-8(12)6-11(10-13)7-4-2-3-5-9-7/h2-5H,6H2,1H3. The third-order valence-electron chi connectivity index (χ3n) is 1.52. The van der Waals surface area contributed by atoms with Gasteiger partial charge in [0, 0.05) is 6.20 Å². The molecule has 0 spiro atoms. The second-order valence-electron chi connectivity index (χ2n) is 2.40. The van der Waals surface area contributed by atoms with E-state index in [1.807, 2.05) is 0 Å². The van der Waals surface area contributed by atoms with Gasteiger partial charge in [0.15, 0.2) is 5.82 Å². The van der Waals surface area contributed by atoms with Crippen LogP contribution in [0.1, 0.15) is 0 Å². The second kappa shape index (κ2) is 4.90.